The first-order valence-electron chi connectivity index (χ1n) is 9.34. The molecule has 2 aliphatic rings. The van der Waals surface area contributed by atoms with Gasteiger partial charge in [-0.25, -0.2) is 9.37 Å². The molecular formula is C20H25FN4O. The fourth-order valence-corrected chi connectivity index (χ4v) is 3.92. The van der Waals surface area contributed by atoms with Crippen molar-refractivity contribution in [3.63, 3.8) is 0 Å². The van der Waals surface area contributed by atoms with Crippen molar-refractivity contribution in [2.24, 2.45) is 13.0 Å². The normalized spacial score (nSPS) is 20.5. The van der Waals surface area contributed by atoms with Gasteiger partial charge >= 0.3 is 0 Å². The molecule has 0 unspecified atom stereocenters. The van der Waals surface area contributed by atoms with Gasteiger partial charge in [0.25, 0.3) is 0 Å². The van der Waals surface area contributed by atoms with Crippen LogP contribution in [0.15, 0.2) is 30.6 Å². The Labute approximate surface area is 153 Å². The van der Waals surface area contributed by atoms with Crippen LogP contribution in [0.1, 0.15) is 42.1 Å². The molecule has 6 heteroatoms. The van der Waals surface area contributed by atoms with Gasteiger partial charge in [0.2, 0.25) is 5.91 Å². The second-order valence-corrected chi connectivity index (χ2v) is 7.58. The molecule has 4 rings (SSSR count). The molecule has 0 saturated heterocycles. The molecule has 1 atom stereocenters. The van der Waals surface area contributed by atoms with Crippen molar-refractivity contribution < 1.29 is 9.18 Å². The highest BCUT2D eigenvalue weighted by Gasteiger charge is 2.34. The molecule has 0 spiro atoms. The smallest absolute Gasteiger partial charge is 0.230 e. The molecule has 0 radical (unpaired) electrons. The second kappa shape index (κ2) is 7.19. The lowest BCUT2D eigenvalue weighted by Gasteiger charge is -2.33. The number of aryl methyl sites for hydroxylation is 1. The van der Waals surface area contributed by atoms with Gasteiger partial charge in [-0.3, -0.25) is 9.69 Å². The Morgan fingerprint density at radius 3 is 2.77 bits per heavy atom. The van der Waals surface area contributed by atoms with Crippen LogP contribution >= 0.6 is 0 Å². The van der Waals surface area contributed by atoms with Crippen LogP contribution in [0.5, 0.6) is 0 Å². The molecule has 1 aromatic carbocycles. The summed E-state index contributed by atoms with van der Waals surface area (Å²) in [6.07, 6.45) is 5.51. The maximum Gasteiger partial charge on any atom is 0.230 e. The highest BCUT2D eigenvalue weighted by Crippen LogP contribution is 2.29. The molecule has 1 aliphatic carbocycles. The lowest BCUT2D eigenvalue weighted by atomic mass is 9.85. The van der Waals surface area contributed by atoms with Crippen LogP contribution in [0.3, 0.4) is 0 Å². The summed E-state index contributed by atoms with van der Waals surface area (Å²) in [6, 6.07) is 6.56. The Balaban J connectivity index is 1.49. The predicted molar refractivity (Wildman–Crippen MR) is 96.8 cm³/mol. The van der Waals surface area contributed by atoms with Gasteiger partial charge < -0.3 is 9.88 Å². The number of carbonyl (C=O) groups excluding carboxylic acids is 1. The number of benzene rings is 1. The third-order valence-electron chi connectivity index (χ3n) is 5.63. The summed E-state index contributed by atoms with van der Waals surface area (Å²) < 4.78 is 15.1. The largest absolute Gasteiger partial charge is 0.355 e. The molecule has 0 bridgehead atoms. The van der Waals surface area contributed by atoms with E-state index >= 15 is 0 Å². The standard InChI is InChI=1S/C20H25FN4O/c1-24-13-23-18-12-25(10-15-5-7-16(21)8-6-15)11-17(19(18)24)20(26)22-9-14-3-2-4-14/h5-8,13-14,17H,2-4,9-12H2,1H3,(H,22,26)/t17-/m1/s1. The number of hydrogen-bond donors (Lipinski definition) is 1. The Morgan fingerprint density at radius 1 is 1.31 bits per heavy atom. The fourth-order valence-electron chi connectivity index (χ4n) is 3.92. The van der Waals surface area contributed by atoms with E-state index in [1.54, 1.807) is 18.5 Å². The van der Waals surface area contributed by atoms with Gasteiger partial charge in [-0.15, -0.1) is 0 Å². The fraction of sp³-hybridized carbons (Fsp3) is 0.500. The van der Waals surface area contributed by atoms with E-state index in [9.17, 15) is 9.18 Å². The summed E-state index contributed by atoms with van der Waals surface area (Å²) in [7, 11) is 1.95. The maximum absolute atomic E-state index is 13.1. The van der Waals surface area contributed by atoms with Crippen LogP contribution in [-0.2, 0) is 24.9 Å². The van der Waals surface area contributed by atoms with Crippen LogP contribution in [0.25, 0.3) is 0 Å². The number of halogens is 1. The lowest BCUT2D eigenvalue weighted by Crippen LogP contribution is -2.43. The SMILES string of the molecule is Cn1cnc2c1[C@H](C(=O)NCC1CCC1)CN(Cc1ccc(F)cc1)C2. The van der Waals surface area contributed by atoms with Crippen LogP contribution in [0.4, 0.5) is 4.39 Å². The predicted octanol–water partition coefficient (Wildman–Crippen LogP) is 2.57. The van der Waals surface area contributed by atoms with Crippen LogP contribution in [0.2, 0.25) is 0 Å². The van der Waals surface area contributed by atoms with Gasteiger partial charge in [0.15, 0.2) is 0 Å². The Kier molecular flexibility index (Phi) is 4.76. The summed E-state index contributed by atoms with van der Waals surface area (Å²) in [5.41, 5.74) is 3.02. The molecule has 138 valence electrons. The summed E-state index contributed by atoms with van der Waals surface area (Å²) in [6.45, 7) is 2.82. The van der Waals surface area contributed by atoms with E-state index in [4.69, 9.17) is 0 Å². The summed E-state index contributed by atoms with van der Waals surface area (Å²) in [4.78, 5) is 19.6. The Hall–Kier alpha value is -2.21. The summed E-state index contributed by atoms with van der Waals surface area (Å²) >= 11 is 0. The maximum atomic E-state index is 13.1. The molecule has 2 heterocycles. The highest BCUT2D eigenvalue weighted by molar-refractivity contribution is 5.84. The third kappa shape index (κ3) is 3.51. The van der Waals surface area contributed by atoms with E-state index in [1.807, 2.05) is 11.6 Å². The average molecular weight is 356 g/mol. The van der Waals surface area contributed by atoms with E-state index in [0.29, 0.717) is 25.6 Å². The minimum atomic E-state index is -0.229. The van der Waals surface area contributed by atoms with Crippen molar-refractivity contribution in [1.82, 2.24) is 19.8 Å². The van der Waals surface area contributed by atoms with Crippen molar-refractivity contribution in [2.45, 2.75) is 38.3 Å². The molecule has 1 fully saturated rings. The van der Waals surface area contributed by atoms with Crippen LogP contribution < -0.4 is 5.32 Å². The summed E-state index contributed by atoms with van der Waals surface area (Å²) in [5, 5.41) is 3.15. The molecule has 26 heavy (non-hydrogen) atoms. The number of rotatable bonds is 5. The second-order valence-electron chi connectivity index (χ2n) is 7.58. The van der Waals surface area contributed by atoms with E-state index in [-0.39, 0.29) is 17.6 Å². The van der Waals surface area contributed by atoms with Gasteiger partial charge in [0.1, 0.15) is 5.82 Å². The number of nitrogens with one attached hydrogen (secondary N) is 1. The minimum Gasteiger partial charge on any atom is -0.355 e. The molecule has 5 nitrogen and oxygen atoms in total. The van der Waals surface area contributed by atoms with E-state index in [1.165, 1.54) is 31.4 Å². The zero-order valence-corrected chi connectivity index (χ0v) is 15.1. The van der Waals surface area contributed by atoms with Crippen molar-refractivity contribution in [3.8, 4) is 0 Å². The van der Waals surface area contributed by atoms with Crippen molar-refractivity contribution >= 4 is 5.91 Å². The summed E-state index contributed by atoms with van der Waals surface area (Å²) in [5.74, 6) is 0.286. The number of imidazole rings is 1. The van der Waals surface area contributed by atoms with Crippen LogP contribution in [0, 0.1) is 11.7 Å². The van der Waals surface area contributed by atoms with E-state index < -0.39 is 0 Å². The molecule has 1 amide bonds. The van der Waals surface area contributed by atoms with Crippen LogP contribution in [-0.4, -0.2) is 33.4 Å². The van der Waals surface area contributed by atoms with E-state index in [0.717, 1.165) is 23.5 Å². The highest BCUT2D eigenvalue weighted by atomic mass is 19.1. The van der Waals surface area contributed by atoms with E-state index in [2.05, 4.69) is 15.2 Å². The van der Waals surface area contributed by atoms with Gasteiger partial charge in [0.05, 0.1) is 23.6 Å². The number of amides is 1. The Morgan fingerprint density at radius 2 is 2.08 bits per heavy atom. The first-order chi connectivity index (χ1) is 12.6. The zero-order chi connectivity index (χ0) is 18.1. The van der Waals surface area contributed by atoms with Crippen molar-refractivity contribution in [2.75, 3.05) is 13.1 Å². The van der Waals surface area contributed by atoms with Gasteiger partial charge in [-0.1, -0.05) is 18.6 Å². The lowest BCUT2D eigenvalue weighted by molar-refractivity contribution is -0.123. The number of hydrogen-bond acceptors (Lipinski definition) is 3. The topological polar surface area (TPSA) is 50.2 Å². The molecule has 1 aromatic heterocycles. The number of carbonyl (C=O) groups is 1. The number of nitrogens with zero attached hydrogens (tertiary/aromatic N) is 3. The molecule has 1 N–H and O–H groups in total. The zero-order valence-electron chi connectivity index (χ0n) is 15.1. The number of aromatic nitrogens is 2. The van der Waals surface area contributed by atoms with Crippen molar-refractivity contribution in [1.29, 1.82) is 0 Å². The van der Waals surface area contributed by atoms with Gasteiger partial charge in [-0.2, -0.15) is 0 Å². The van der Waals surface area contributed by atoms with Crippen molar-refractivity contribution in [3.05, 3.63) is 53.4 Å². The Bertz CT molecular complexity index is 782. The molecule has 2 aromatic rings. The average Bonchev–Trinajstić information content (AvgIpc) is 2.96. The van der Waals surface area contributed by atoms with Gasteiger partial charge in [-0.05, 0) is 36.5 Å². The number of fused-ring (bicyclic) bond motifs is 1. The first kappa shape index (κ1) is 17.2. The first-order valence-corrected chi connectivity index (χ1v) is 9.34. The molecule has 1 aliphatic heterocycles. The van der Waals surface area contributed by atoms with Gasteiger partial charge in [0, 0.05) is 33.2 Å². The minimum absolute atomic E-state index is 0.0885. The molecular weight excluding hydrogens is 331 g/mol. The molecule has 1 saturated carbocycles. The third-order valence-corrected chi connectivity index (χ3v) is 5.63. The monoisotopic (exact) mass is 356 g/mol. The quantitative estimate of drug-likeness (QED) is 0.896.